The van der Waals surface area contributed by atoms with Gasteiger partial charge in [0.15, 0.2) is 11.6 Å². The zero-order valence-corrected chi connectivity index (χ0v) is 15.3. The fraction of sp³-hybridized carbons (Fsp3) is 0.250. The van der Waals surface area contributed by atoms with Gasteiger partial charge in [0.05, 0.1) is 6.04 Å². The summed E-state index contributed by atoms with van der Waals surface area (Å²) in [6.07, 6.45) is 4.16. The fourth-order valence-corrected chi connectivity index (χ4v) is 3.52. The van der Waals surface area contributed by atoms with Crippen LogP contribution >= 0.6 is 0 Å². The van der Waals surface area contributed by atoms with Crippen molar-refractivity contribution in [2.24, 2.45) is 0 Å². The summed E-state index contributed by atoms with van der Waals surface area (Å²) in [5.41, 5.74) is 9.51. The molecule has 1 aliphatic rings. The highest BCUT2D eigenvalue weighted by Crippen LogP contribution is 2.40. The minimum Gasteiger partial charge on any atom is -0.381 e. The van der Waals surface area contributed by atoms with Crippen LogP contribution in [0, 0.1) is 5.82 Å². The Kier molecular flexibility index (Phi) is 3.78. The highest BCUT2D eigenvalue weighted by Gasteiger charge is 2.27. The predicted octanol–water partition coefficient (Wildman–Crippen LogP) is 4.12. The number of hydrogen-bond acceptors (Lipinski definition) is 5. The molecule has 0 bridgehead atoms. The molecule has 1 atom stereocenters. The van der Waals surface area contributed by atoms with Gasteiger partial charge >= 0.3 is 0 Å². The molecule has 5 N–H and O–H groups in total. The van der Waals surface area contributed by atoms with Gasteiger partial charge < -0.3 is 16.0 Å². The summed E-state index contributed by atoms with van der Waals surface area (Å²) in [4.78, 5) is 11.6. The molecular formula is C20H20FN7. The molecule has 8 heteroatoms. The van der Waals surface area contributed by atoms with Crippen LogP contribution in [0.5, 0.6) is 0 Å². The molecule has 0 radical (unpaired) electrons. The quantitative estimate of drug-likeness (QED) is 0.418. The SMILES string of the molecule is CC(Nc1nc(N)c(F)c(-c2cc(C3CC3)[nH]n2)n1)c1cccc2[nH]ccc12. The molecule has 28 heavy (non-hydrogen) atoms. The van der Waals surface area contributed by atoms with Crippen LogP contribution in [0.1, 0.15) is 43.0 Å². The first-order valence-corrected chi connectivity index (χ1v) is 9.31. The first kappa shape index (κ1) is 16.7. The summed E-state index contributed by atoms with van der Waals surface area (Å²) >= 11 is 0. The van der Waals surface area contributed by atoms with Gasteiger partial charge in [-0.15, -0.1) is 0 Å². The van der Waals surface area contributed by atoms with Gasteiger partial charge in [-0.1, -0.05) is 12.1 Å². The third-order valence-electron chi connectivity index (χ3n) is 5.18. The maximum absolute atomic E-state index is 14.6. The van der Waals surface area contributed by atoms with E-state index in [1.807, 2.05) is 43.5 Å². The van der Waals surface area contributed by atoms with E-state index in [9.17, 15) is 4.39 Å². The number of nitrogens with zero attached hydrogens (tertiary/aromatic N) is 3. The zero-order chi connectivity index (χ0) is 19.3. The van der Waals surface area contributed by atoms with Crippen LogP contribution in [0.25, 0.3) is 22.3 Å². The number of anilines is 2. The second kappa shape index (κ2) is 6.33. The number of nitrogen functional groups attached to an aromatic ring is 1. The summed E-state index contributed by atoms with van der Waals surface area (Å²) < 4.78 is 14.6. The molecule has 1 aliphatic carbocycles. The van der Waals surface area contributed by atoms with Crippen molar-refractivity contribution in [3.05, 3.63) is 53.6 Å². The smallest absolute Gasteiger partial charge is 0.225 e. The lowest BCUT2D eigenvalue weighted by molar-refractivity contribution is 0.623. The lowest BCUT2D eigenvalue weighted by atomic mass is 10.0. The lowest BCUT2D eigenvalue weighted by Crippen LogP contribution is -2.12. The average Bonchev–Trinajstić information content (AvgIpc) is 3.22. The molecule has 1 aromatic carbocycles. The number of nitrogens with one attached hydrogen (secondary N) is 3. The van der Waals surface area contributed by atoms with Gasteiger partial charge in [-0.25, -0.2) is 9.37 Å². The molecule has 1 fully saturated rings. The predicted molar refractivity (Wildman–Crippen MR) is 106 cm³/mol. The second-order valence-electron chi connectivity index (χ2n) is 7.23. The summed E-state index contributed by atoms with van der Waals surface area (Å²) in [6, 6.07) is 9.81. The number of nitrogens with two attached hydrogens (primary N) is 1. The number of halogens is 1. The van der Waals surface area contributed by atoms with Crippen LogP contribution < -0.4 is 11.1 Å². The van der Waals surface area contributed by atoms with Gasteiger partial charge in [0.1, 0.15) is 11.4 Å². The Bertz CT molecular complexity index is 1160. The first-order chi connectivity index (χ1) is 13.6. The molecule has 3 heterocycles. The maximum Gasteiger partial charge on any atom is 0.225 e. The maximum atomic E-state index is 14.6. The highest BCUT2D eigenvalue weighted by atomic mass is 19.1. The highest BCUT2D eigenvalue weighted by molar-refractivity contribution is 5.83. The number of rotatable bonds is 5. The van der Waals surface area contributed by atoms with Gasteiger partial charge in [-0.2, -0.15) is 10.1 Å². The third-order valence-corrected chi connectivity index (χ3v) is 5.18. The summed E-state index contributed by atoms with van der Waals surface area (Å²) in [6.45, 7) is 2.00. The average molecular weight is 377 g/mol. The Hall–Kier alpha value is -3.42. The van der Waals surface area contributed by atoms with Crippen molar-refractivity contribution >= 4 is 22.7 Å². The minimum atomic E-state index is -0.653. The normalized spacial score (nSPS) is 15.1. The van der Waals surface area contributed by atoms with E-state index < -0.39 is 5.82 Å². The largest absolute Gasteiger partial charge is 0.381 e. The summed E-state index contributed by atoms with van der Waals surface area (Å²) in [7, 11) is 0. The summed E-state index contributed by atoms with van der Waals surface area (Å²) in [5.74, 6) is -0.0943. The molecule has 1 unspecified atom stereocenters. The van der Waals surface area contributed by atoms with E-state index in [1.165, 1.54) is 0 Å². The number of aromatic nitrogens is 5. The molecule has 5 rings (SSSR count). The number of aromatic amines is 2. The van der Waals surface area contributed by atoms with Crippen LogP contribution in [-0.4, -0.2) is 25.1 Å². The Balaban J connectivity index is 1.48. The van der Waals surface area contributed by atoms with Gasteiger partial charge in [0.25, 0.3) is 0 Å². The molecule has 1 saturated carbocycles. The van der Waals surface area contributed by atoms with Gasteiger partial charge in [0, 0.05) is 28.7 Å². The third kappa shape index (κ3) is 2.87. The van der Waals surface area contributed by atoms with Crippen molar-refractivity contribution in [1.82, 2.24) is 25.1 Å². The Labute approximate surface area is 160 Å². The lowest BCUT2D eigenvalue weighted by Gasteiger charge is -2.16. The van der Waals surface area contributed by atoms with Crippen LogP contribution in [0.2, 0.25) is 0 Å². The van der Waals surface area contributed by atoms with E-state index in [4.69, 9.17) is 5.73 Å². The molecule has 0 spiro atoms. The van der Waals surface area contributed by atoms with Crippen LogP contribution in [0.15, 0.2) is 36.5 Å². The topological polar surface area (TPSA) is 108 Å². The van der Waals surface area contributed by atoms with Crippen molar-refractivity contribution in [3.8, 4) is 11.4 Å². The number of fused-ring (bicyclic) bond motifs is 1. The van der Waals surface area contributed by atoms with Gasteiger partial charge in [-0.05, 0) is 43.5 Å². The molecule has 0 saturated heterocycles. The van der Waals surface area contributed by atoms with Crippen molar-refractivity contribution < 1.29 is 4.39 Å². The molecule has 4 aromatic rings. The second-order valence-corrected chi connectivity index (χ2v) is 7.23. The Morgan fingerprint density at radius 2 is 2.11 bits per heavy atom. The zero-order valence-electron chi connectivity index (χ0n) is 15.3. The fourth-order valence-electron chi connectivity index (χ4n) is 3.52. The van der Waals surface area contributed by atoms with Crippen molar-refractivity contribution in [2.45, 2.75) is 31.7 Å². The molecular weight excluding hydrogens is 357 g/mol. The van der Waals surface area contributed by atoms with Gasteiger partial charge in [0.2, 0.25) is 5.95 Å². The van der Waals surface area contributed by atoms with Crippen molar-refractivity contribution in [1.29, 1.82) is 0 Å². The molecule has 3 aromatic heterocycles. The van der Waals surface area contributed by atoms with Crippen molar-refractivity contribution in [3.63, 3.8) is 0 Å². The van der Waals surface area contributed by atoms with Crippen LogP contribution in [0.3, 0.4) is 0 Å². The minimum absolute atomic E-state index is 0.0987. The number of benzene rings is 1. The van der Waals surface area contributed by atoms with E-state index in [0.29, 0.717) is 11.6 Å². The van der Waals surface area contributed by atoms with Crippen molar-refractivity contribution in [2.75, 3.05) is 11.1 Å². The standard InChI is InChI=1S/C20H20FN7/c1-10(12-3-2-4-14-13(12)7-8-23-14)24-20-25-18(17(21)19(22)26-20)16-9-15(27-28-16)11-5-6-11/h2-4,7-11,23H,5-6H2,1H3,(H,27,28)(H3,22,24,25,26). The molecule has 142 valence electrons. The molecule has 7 nitrogen and oxygen atoms in total. The van der Waals surface area contributed by atoms with E-state index >= 15 is 0 Å². The Morgan fingerprint density at radius 1 is 1.25 bits per heavy atom. The van der Waals surface area contributed by atoms with Gasteiger partial charge in [-0.3, -0.25) is 5.10 Å². The van der Waals surface area contributed by atoms with Crippen LogP contribution in [-0.2, 0) is 0 Å². The number of hydrogen-bond donors (Lipinski definition) is 4. The molecule has 0 amide bonds. The Morgan fingerprint density at radius 3 is 2.93 bits per heavy atom. The molecule has 0 aliphatic heterocycles. The monoisotopic (exact) mass is 377 g/mol. The van der Waals surface area contributed by atoms with E-state index in [-0.39, 0.29) is 23.5 Å². The number of H-pyrrole nitrogens is 2. The van der Waals surface area contributed by atoms with Crippen LogP contribution in [0.4, 0.5) is 16.2 Å². The van der Waals surface area contributed by atoms with E-state index in [1.54, 1.807) is 0 Å². The summed E-state index contributed by atoms with van der Waals surface area (Å²) in [5, 5.41) is 11.5. The first-order valence-electron chi connectivity index (χ1n) is 9.31. The van der Waals surface area contributed by atoms with E-state index in [2.05, 4.69) is 30.5 Å². The van der Waals surface area contributed by atoms with E-state index in [0.717, 1.165) is 35.0 Å².